The van der Waals surface area contributed by atoms with Crippen LogP contribution in [0.1, 0.15) is 37.9 Å². The van der Waals surface area contributed by atoms with Gasteiger partial charge in [-0.15, -0.1) is 0 Å². The predicted octanol–water partition coefficient (Wildman–Crippen LogP) is -0.649. The standard InChI is InChI=1S/C13H23N5O4S/c1-23(21,22)18-9-3-2-4-10(18)7-8-14-12(19)6-5-11-15-13(20)17-16-11/h10H,2-9H2,1H3,(H,14,19)(H2,15,16,17,20). The molecule has 2 heterocycles. The van der Waals surface area contributed by atoms with Gasteiger partial charge in [0.15, 0.2) is 0 Å². The van der Waals surface area contributed by atoms with E-state index in [2.05, 4.69) is 20.5 Å². The molecule has 1 fully saturated rings. The van der Waals surface area contributed by atoms with Gasteiger partial charge in [0.1, 0.15) is 5.82 Å². The maximum Gasteiger partial charge on any atom is 0.340 e. The normalized spacial score (nSPS) is 19.6. The van der Waals surface area contributed by atoms with E-state index in [1.54, 1.807) is 0 Å². The highest BCUT2D eigenvalue weighted by molar-refractivity contribution is 7.88. The van der Waals surface area contributed by atoms with Gasteiger partial charge in [0.05, 0.1) is 6.26 Å². The Morgan fingerprint density at radius 2 is 2.22 bits per heavy atom. The molecule has 0 aromatic carbocycles. The van der Waals surface area contributed by atoms with Crippen LogP contribution in [0.3, 0.4) is 0 Å². The van der Waals surface area contributed by atoms with E-state index in [0.29, 0.717) is 31.8 Å². The molecule has 2 rings (SSSR count). The third kappa shape index (κ3) is 5.47. The third-order valence-corrected chi connectivity index (χ3v) is 5.27. The summed E-state index contributed by atoms with van der Waals surface area (Å²) >= 11 is 0. The van der Waals surface area contributed by atoms with Gasteiger partial charge in [-0.05, 0) is 19.3 Å². The lowest BCUT2D eigenvalue weighted by Gasteiger charge is -2.33. The summed E-state index contributed by atoms with van der Waals surface area (Å²) in [6.45, 7) is 0.997. The van der Waals surface area contributed by atoms with Crippen LogP contribution in [0.25, 0.3) is 0 Å². The molecule has 1 aromatic rings. The van der Waals surface area contributed by atoms with Gasteiger partial charge in [0.25, 0.3) is 0 Å². The van der Waals surface area contributed by atoms with Gasteiger partial charge in [-0.25, -0.2) is 18.3 Å². The number of sulfonamides is 1. The largest absolute Gasteiger partial charge is 0.356 e. The zero-order chi connectivity index (χ0) is 16.9. The number of H-pyrrole nitrogens is 2. The molecule has 0 bridgehead atoms. The Kier molecular flexibility index (Phi) is 5.94. The number of nitrogens with zero attached hydrogens (tertiary/aromatic N) is 2. The van der Waals surface area contributed by atoms with E-state index in [4.69, 9.17) is 0 Å². The van der Waals surface area contributed by atoms with Crippen LogP contribution in [-0.2, 0) is 21.2 Å². The number of piperidine rings is 1. The fraction of sp³-hybridized carbons (Fsp3) is 0.769. The van der Waals surface area contributed by atoms with Crippen LogP contribution in [0, 0.1) is 0 Å². The van der Waals surface area contributed by atoms with Gasteiger partial charge in [-0.2, -0.15) is 9.40 Å². The number of hydrogen-bond donors (Lipinski definition) is 3. The number of hydrogen-bond acceptors (Lipinski definition) is 5. The molecule has 1 unspecified atom stereocenters. The van der Waals surface area contributed by atoms with Gasteiger partial charge in [-0.3, -0.25) is 9.78 Å². The van der Waals surface area contributed by atoms with Gasteiger partial charge >= 0.3 is 5.69 Å². The molecule has 10 heteroatoms. The van der Waals surface area contributed by atoms with Crippen molar-refractivity contribution in [2.75, 3.05) is 19.3 Å². The Morgan fingerprint density at radius 1 is 1.43 bits per heavy atom. The van der Waals surface area contributed by atoms with Crippen LogP contribution < -0.4 is 11.0 Å². The fourth-order valence-electron chi connectivity index (χ4n) is 2.82. The highest BCUT2D eigenvalue weighted by atomic mass is 32.2. The van der Waals surface area contributed by atoms with E-state index in [-0.39, 0.29) is 18.4 Å². The Labute approximate surface area is 134 Å². The van der Waals surface area contributed by atoms with Gasteiger partial charge in [0.2, 0.25) is 15.9 Å². The van der Waals surface area contributed by atoms with Crippen molar-refractivity contribution in [1.82, 2.24) is 24.8 Å². The van der Waals surface area contributed by atoms with Gasteiger partial charge in [-0.1, -0.05) is 6.42 Å². The van der Waals surface area contributed by atoms with Crippen molar-refractivity contribution in [2.45, 2.75) is 44.6 Å². The monoisotopic (exact) mass is 345 g/mol. The Balaban J connectivity index is 1.72. The molecule has 1 aliphatic rings. The molecule has 1 atom stereocenters. The summed E-state index contributed by atoms with van der Waals surface area (Å²) in [6.07, 6.45) is 5.14. The number of aromatic amines is 2. The maximum atomic E-state index is 11.8. The summed E-state index contributed by atoms with van der Waals surface area (Å²) in [5, 5.41) is 8.76. The summed E-state index contributed by atoms with van der Waals surface area (Å²) in [7, 11) is -3.19. The van der Waals surface area contributed by atoms with E-state index < -0.39 is 15.7 Å². The number of amides is 1. The Morgan fingerprint density at radius 3 is 2.87 bits per heavy atom. The van der Waals surface area contributed by atoms with Crippen LogP contribution in [0.5, 0.6) is 0 Å². The maximum absolute atomic E-state index is 11.8. The summed E-state index contributed by atoms with van der Waals surface area (Å²) in [4.78, 5) is 25.1. The SMILES string of the molecule is CS(=O)(=O)N1CCCCC1CCNC(=O)CCc1n[nH]c(=O)[nH]1. The molecule has 1 aromatic heterocycles. The van der Waals surface area contributed by atoms with Crippen LogP contribution >= 0.6 is 0 Å². The van der Waals surface area contributed by atoms with Crippen molar-refractivity contribution in [2.24, 2.45) is 0 Å². The smallest absolute Gasteiger partial charge is 0.340 e. The lowest BCUT2D eigenvalue weighted by Crippen LogP contribution is -2.44. The average Bonchev–Trinajstić information content (AvgIpc) is 2.90. The Bertz CT molecular complexity index is 681. The number of nitrogens with one attached hydrogen (secondary N) is 3. The first-order chi connectivity index (χ1) is 10.9. The second-order valence-electron chi connectivity index (χ2n) is 5.79. The van der Waals surface area contributed by atoms with Gasteiger partial charge in [0, 0.05) is 32.0 Å². The molecule has 0 radical (unpaired) electrons. The van der Waals surface area contributed by atoms with E-state index >= 15 is 0 Å². The summed E-state index contributed by atoms with van der Waals surface area (Å²) in [5.41, 5.74) is -0.390. The lowest BCUT2D eigenvalue weighted by molar-refractivity contribution is -0.121. The number of carbonyl (C=O) groups is 1. The van der Waals surface area contributed by atoms with E-state index in [0.717, 1.165) is 19.3 Å². The second-order valence-corrected chi connectivity index (χ2v) is 7.72. The highest BCUT2D eigenvalue weighted by Crippen LogP contribution is 2.21. The molecule has 9 nitrogen and oxygen atoms in total. The highest BCUT2D eigenvalue weighted by Gasteiger charge is 2.28. The molecule has 0 aliphatic carbocycles. The number of aryl methyl sites for hydroxylation is 1. The fourth-order valence-corrected chi connectivity index (χ4v) is 4.03. The van der Waals surface area contributed by atoms with E-state index in [1.165, 1.54) is 10.6 Å². The van der Waals surface area contributed by atoms with Crippen LogP contribution in [0.2, 0.25) is 0 Å². The molecular formula is C13H23N5O4S. The minimum atomic E-state index is -3.19. The van der Waals surface area contributed by atoms with Crippen molar-refractivity contribution >= 4 is 15.9 Å². The number of carbonyl (C=O) groups excluding carboxylic acids is 1. The molecule has 23 heavy (non-hydrogen) atoms. The first-order valence-corrected chi connectivity index (χ1v) is 9.58. The first kappa shape index (κ1) is 17.7. The average molecular weight is 345 g/mol. The zero-order valence-corrected chi connectivity index (χ0v) is 14.0. The van der Waals surface area contributed by atoms with Crippen LogP contribution in [0.4, 0.5) is 0 Å². The molecule has 130 valence electrons. The minimum Gasteiger partial charge on any atom is -0.356 e. The van der Waals surface area contributed by atoms with Crippen LogP contribution in [-0.4, -0.2) is 59.2 Å². The molecule has 3 N–H and O–H groups in total. The van der Waals surface area contributed by atoms with E-state index in [9.17, 15) is 18.0 Å². The zero-order valence-electron chi connectivity index (χ0n) is 13.2. The molecule has 1 amide bonds. The van der Waals surface area contributed by atoms with Gasteiger partial charge < -0.3 is 5.32 Å². The van der Waals surface area contributed by atoms with Crippen molar-refractivity contribution in [3.63, 3.8) is 0 Å². The summed E-state index contributed by atoms with van der Waals surface area (Å²) in [5.74, 6) is 0.302. The Hall–Kier alpha value is -1.68. The van der Waals surface area contributed by atoms with Crippen molar-refractivity contribution in [3.8, 4) is 0 Å². The first-order valence-electron chi connectivity index (χ1n) is 7.73. The third-order valence-electron chi connectivity index (χ3n) is 3.94. The van der Waals surface area contributed by atoms with Crippen molar-refractivity contribution in [3.05, 3.63) is 16.3 Å². The number of rotatable bonds is 7. The predicted molar refractivity (Wildman–Crippen MR) is 84.3 cm³/mol. The minimum absolute atomic E-state index is 0.0401. The molecule has 1 aliphatic heterocycles. The molecule has 1 saturated heterocycles. The molecule has 0 saturated carbocycles. The van der Waals surface area contributed by atoms with Crippen LogP contribution in [0.15, 0.2) is 4.79 Å². The van der Waals surface area contributed by atoms with Crippen molar-refractivity contribution in [1.29, 1.82) is 0 Å². The summed E-state index contributed by atoms with van der Waals surface area (Å²) in [6, 6.07) is -0.0401. The second kappa shape index (κ2) is 7.73. The quantitative estimate of drug-likeness (QED) is 0.605. The van der Waals surface area contributed by atoms with E-state index in [1.807, 2.05) is 0 Å². The summed E-state index contributed by atoms with van der Waals surface area (Å²) < 4.78 is 25.0. The molecular weight excluding hydrogens is 322 g/mol. The lowest BCUT2D eigenvalue weighted by atomic mass is 10.0. The topological polar surface area (TPSA) is 128 Å². The molecule has 0 spiro atoms. The van der Waals surface area contributed by atoms with Crippen molar-refractivity contribution < 1.29 is 13.2 Å². The number of aromatic nitrogens is 3.